The van der Waals surface area contributed by atoms with Gasteiger partial charge in [-0.2, -0.15) is 0 Å². The van der Waals surface area contributed by atoms with Gasteiger partial charge >= 0.3 is 5.97 Å². The molecule has 0 aliphatic rings. The molecule has 0 amide bonds. The van der Waals surface area contributed by atoms with Gasteiger partial charge in [-0.25, -0.2) is 0 Å². The lowest BCUT2D eigenvalue weighted by molar-refractivity contribution is -0.148. The molecular weight excluding hydrogens is 422 g/mol. The van der Waals surface area contributed by atoms with Gasteiger partial charge in [-0.1, -0.05) is 109 Å². The van der Waals surface area contributed by atoms with Gasteiger partial charge in [0.1, 0.15) is 5.92 Å². The number of rotatable bonds is 7. The van der Waals surface area contributed by atoms with Crippen LogP contribution in [0.1, 0.15) is 39.1 Å². The second kappa shape index (κ2) is 9.59. The Morgan fingerprint density at radius 3 is 1.71 bits per heavy atom. The number of nitrogens with one attached hydrogen (secondary N) is 1. The summed E-state index contributed by atoms with van der Waals surface area (Å²) in [6.45, 7) is 0. The summed E-state index contributed by atoms with van der Waals surface area (Å²) in [6, 6.07) is 35.8. The summed E-state index contributed by atoms with van der Waals surface area (Å²) in [5, 5.41) is 0.798. The number of carbonyl (C=O) groups excluding carboxylic acids is 2. The molecule has 1 heterocycles. The fraction of sp³-hybridized carbons (Fsp3) is 0.0667. The van der Waals surface area contributed by atoms with Crippen molar-refractivity contribution in [2.45, 2.75) is 12.0 Å². The first-order valence-corrected chi connectivity index (χ1v) is 11.2. The van der Waals surface area contributed by atoms with Crippen molar-refractivity contribution >= 4 is 22.7 Å². The lowest BCUT2D eigenvalue weighted by Gasteiger charge is -2.22. The Balaban J connectivity index is 1.54. The van der Waals surface area contributed by atoms with Crippen molar-refractivity contribution in [1.82, 2.24) is 4.98 Å². The predicted octanol–water partition coefficient (Wildman–Crippen LogP) is 6.47. The molecule has 0 spiro atoms. The molecule has 0 aliphatic heterocycles. The Morgan fingerprint density at radius 1 is 0.618 bits per heavy atom. The van der Waals surface area contributed by atoms with Crippen molar-refractivity contribution < 1.29 is 14.3 Å². The van der Waals surface area contributed by atoms with Gasteiger partial charge in [0.2, 0.25) is 5.78 Å². The van der Waals surface area contributed by atoms with Gasteiger partial charge in [-0.15, -0.1) is 0 Å². The van der Waals surface area contributed by atoms with E-state index in [0.717, 1.165) is 22.0 Å². The highest BCUT2D eigenvalue weighted by molar-refractivity contribution is 6.10. The molecule has 4 aromatic carbocycles. The number of benzene rings is 4. The van der Waals surface area contributed by atoms with Gasteiger partial charge in [0.15, 0.2) is 6.10 Å². The topological polar surface area (TPSA) is 59.2 Å². The zero-order valence-electron chi connectivity index (χ0n) is 18.4. The number of carbonyl (C=O) groups is 2. The van der Waals surface area contributed by atoms with Crippen LogP contribution in [-0.4, -0.2) is 16.7 Å². The van der Waals surface area contributed by atoms with Crippen LogP contribution < -0.4 is 0 Å². The van der Waals surface area contributed by atoms with Crippen molar-refractivity contribution in [1.29, 1.82) is 0 Å². The van der Waals surface area contributed by atoms with E-state index in [-0.39, 0.29) is 5.78 Å². The summed E-state index contributed by atoms with van der Waals surface area (Å²) < 4.78 is 6.04. The van der Waals surface area contributed by atoms with E-state index in [4.69, 9.17) is 4.74 Å². The highest BCUT2D eigenvalue weighted by atomic mass is 16.5. The molecule has 4 heteroatoms. The van der Waals surface area contributed by atoms with Gasteiger partial charge in [0.25, 0.3) is 0 Å². The third-order valence-electron chi connectivity index (χ3n) is 5.93. The summed E-state index contributed by atoms with van der Waals surface area (Å²) in [5.41, 5.74) is 3.60. The minimum Gasteiger partial charge on any atom is -0.448 e. The van der Waals surface area contributed by atoms with Crippen LogP contribution in [0.2, 0.25) is 0 Å². The maximum Gasteiger partial charge on any atom is 0.319 e. The van der Waals surface area contributed by atoms with Gasteiger partial charge in [0.05, 0.1) is 0 Å². The summed E-state index contributed by atoms with van der Waals surface area (Å²) in [5.74, 6) is -1.39. The predicted molar refractivity (Wildman–Crippen MR) is 133 cm³/mol. The molecule has 5 rings (SSSR count). The maximum absolute atomic E-state index is 13.8. The zero-order valence-corrected chi connectivity index (χ0v) is 18.4. The van der Waals surface area contributed by atoms with Crippen LogP contribution >= 0.6 is 0 Å². The highest BCUT2D eigenvalue weighted by Crippen LogP contribution is 2.32. The molecule has 1 aromatic heterocycles. The molecule has 34 heavy (non-hydrogen) atoms. The number of esters is 1. The van der Waals surface area contributed by atoms with Crippen LogP contribution in [0.15, 0.2) is 121 Å². The lowest BCUT2D eigenvalue weighted by Crippen LogP contribution is -2.24. The second-order valence-corrected chi connectivity index (χ2v) is 8.09. The van der Waals surface area contributed by atoms with Gasteiger partial charge in [-0.05, 0) is 17.2 Å². The van der Waals surface area contributed by atoms with E-state index in [1.807, 2.05) is 115 Å². The average molecular weight is 446 g/mol. The minimum atomic E-state index is -1.07. The minimum absolute atomic E-state index is 0.267. The normalized spacial score (nSPS) is 11.9. The number of fused-ring (bicyclic) bond motifs is 1. The first-order chi connectivity index (χ1) is 16.7. The Morgan fingerprint density at radius 2 is 1.12 bits per heavy atom. The summed E-state index contributed by atoms with van der Waals surface area (Å²) in [7, 11) is 0. The van der Waals surface area contributed by atoms with Crippen molar-refractivity contribution in [2.75, 3.05) is 0 Å². The van der Waals surface area contributed by atoms with Crippen molar-refractivity contribution in [2.24, 2.45) is 0 Å². The monoisotopic (exact) mass is 445 g/mol. The highest BCUT2D eigenvalue weighted by Gasteiger charge is 2.32. The first kappa shape index (κ1) is 21.4. The van der Waals surface area contributed by atoms with E-state index in [1.165, 1.54) is 0 Å². The van der Waals surface area contributed by atoms with Crippen LogP contribution in [0.25, 0.3) is 10.9 Å². The lowest BCUT2D eigenvalue weighted by atomic mass is 9.91. The number of aromatic amines is 1. The number of Topliss-reactive ketones (excluding diaryl/α,β-unsaturated/α-hetero) is 1. The quantitative estimate of drug-likeness (QED) is 0.231. The fourth-order valence-electron chi connectivity index (χ4n) is 4.26. The second-order valence-electron chi connectivity index (χ2n) is 8.09. The standard InChI is InChI=1S/C30H23NO3/c32-28(25-20-31-26-19-11-10-18-24(25)26)29(23-16-8-3-9-17-23)34-30(33)27(21-12-4-1-5-13-21)22-14-6-2-7-15-22/h1-20,27,29,31H. The van der Waals surface area contributed by atoms with Crippen molar-refractivity contribution in [3.05, 3.63) is 144 Å². The van der Waals surface area contributed by atoms with Crippen molar-refractivity contribution in [3.63, 3.8) is 0 Å². The number of ketones is 1. The molecule has 0 aliphatic carbocycles. The molecule has 0 saturated heterocycles. The van der Waals surface area contributed by atoms with E-state index >= 15 is 0 Å². The number of hydrogen-bond acceptors (Lipinski definition) is 3. The van der Waals surface area contributed by atoms with Gasteiger partial charge < -0.3 is 9.72 Å². The number of H-pyrrole nitrogens is 1. The van der Waals surface area contributed by atoms with Crippen LogP contribution in [0.4, 0.5) is 0 Å². The number of para-hydroxylation sites is 1. The Hall–Kier alpha value is -4.44. The molecule has 0 radical (unpaired) electrons. The molecule has 4 nitrogen and oxygen atoms in total. The summed E-state index contributed by atoms with van der Waals surface area (Å²) >= 11 is 0. The molecule has 1 N–H and O–H groups in total. The van der Waals surface area contributed by atoms with E-state index < -0.39 is 18.0 Å². The van der Waals surface area contributed by atoms with E-state index in [2.05, 4.69) is 4.98 Å². The molecular formula is C30H23NO3. The molecule has 166 valence electrons. The van der Waals surface area contributed by atoms with Gasteiger partial charge in [-0.3, -0.25) is 9.59 Å². The summed E-state index contributed by atoms with van der Waals surface area (Å²) in [4.78, 5) is 30.6. The largest absolute Gasteiger partial charge is 0.448 e. The number of hydrogen-bond donors (Lipinski definition) is 1. The van der Waals surface area contributed by atoms with E-state index in [0.29, 0.717) is 11.1 Å². The molecule has 0 bridgehead atoms. The van der Waals surface area contributed by atoms with E-state index in [1.54, 1.807) is 6.20 Å². The molecule has 1 unspecified atom stereocenters. The van der Waals surface area contributed by atoms with E-state index in [9.17, 15) is 9.59 Å². The van der Waals surface area contributed by atoms with Crippen LogP contribution in [-0.2, 0) is 9.53 Å². The smallest absolute Gasteiger partial charge is 0.319 e. The maximum atomic E-state index is 13.8. The third kappa shape index (κ3) is 4.26. The fourth-order valence-corrected chi connectivity index (χ4v) is 4.26. The third-order valence-corrected chi connectivity index (χ3v) is 5.93. The molecule has 0 saturated carbocycles. The summed E-state index contributed by atoms with van der Waals surface area (Å²) in [6.07, 6.45) is 0.616. The molecule has 1 atom stereocenters. The van der Waals surface area contributed by atoms with Crippen molar-refractivity contribution in [3.8, 4) is 0 Å². The van der Waals surface area contributed by atoms with Gasteiger partial charge in [0, 0.05) is 28.2 Å². The SMILES string of the molecule is O=C(c1c[nH]c2ccccc12)C(OC(=O)C(c1ccccc1)c1ccccc1)c1ccccc1. The molecule has 0 fully saturated rings. The first-order valence-electron chi connectivity index (χ1n) is 11.2. The van der Waals surface area contributed by atoms with Crippen LogP contribution in [0.3, 0.4) is 0 Å². The van der Waals surface area contributed by atoms with Crippen LogP contribution in [0, 0.1) is 0 Å². The molecule has 5 aromatic rings. The Bertz CT molecular complexity index is 1370. The zero-order chi connectivity index (χ0) is 23.3. The Labute approximate surface area is 197 Å². The van der Waals surface area contributed by atoms with Crippen LogP contribution in [0.5, 0.6) is 0 Å². The average Bonchev–Trinajstić information content (AvgIpc) is 3.33. The Kier molecular flexibility index (Phi) is 6.04. The number of aromatic nitrogens is 1. The number of ether oxygens (including phenoxy) is 1.